The lowest BCUT2D eigenvalue weighted by atomic mass is 10.2. The minimum Gasteiger partial charge on any atom is -0.398 e. The van der Waals surface area contributed by atoms with Gasteiger partial charge in [0.2, 0.25) is 10.0 Å². The predicted molar refractivity (Wildman–Crippen MR) is 86.2 cm³/mol. The fourth-order valence-electron chi connectivity index (χ4n) is 1.79. The molecule has 0 aliphatic heterocycles. The topological polar surface area (TPSA) is 85.1 Å². The molecule has 0 amide bonds. The van der Waals surface area contributed by atoms with E-state index >= 15 is 0 Å². The number of nitrogen functional groups attached to an aromatic ring is 1. The first-order chi connectivity index (χ1) is 9.70. The van der Waals surface area contributed by atoms with Crippen LogP contribution in [0.1, 0.15) is 28.4 Å². The number of hydrogen-bond donors (Lipinski definition) is 2. The van der Waals surface area contributed by atoms with Crippen molar-refractivity contribution in [3.63, 3.8) is 0 Å². The number of benzene rings is 1. The first-order valence-electron chi connectivity index (χ1n) is 6.21. The van der Waals surface area contributed by atoms with Gasteiger partial charge in [-0.1, -0.05) is 11.6 Å². The highest BCUT2D eigenvalue weighted by Crippen LogP contribution is 2.28. The van der Waals surface area contributed by atoms with Crippen LogP contribution < -0.4 is 10.5 Å². The molecule has 1 unspecified atom stereocenters. The number of anilines is 1. The van der Waals surface area contributed by atoms with Gasteiger partial charge in [0.15, 0.2) is 0 Å². The zero-order valence-corrected chi connectivity index (χ0v) is 14.2. The second kappa shape index (κ2) is 5.92. The molecule has 0 aliphatic rings. The van der Waals surface area contributed by atoms with Crippen LogP contribution >= 0.6 is 22.9 Å². The Morgan fingerprint density at radius 3 is 2.62 bits per heavy atom. The maximum Gasteiger partial charge on any atom is 0.242 e. The summed E-state index contributed by atoms with van der Waals surface area (Å²) >= 11 is 7.48. The molecule has 0 bridgehead atoms. The van der Waals surface area contributed by atoms with Gasteiger partial charge < -0.3 is 5.73 Å². The van der Waals surface area contributed by atoms with Crippen LogP contribution in [0.15, 0.2) is 23.2 Å². The smallest absolute Gasteiger partial charge is 0.242 e. The minimum atomic E-state index is -3.76. The van der Waals surface area contributed by atoms with Crippen LogP contribution in [0.4, 0.5) is 5.69 Å². The fourth-order valence-corrected chi connectivity index (χ4v) is 4.47. The predicted octanol–water partition coefficient (Wildman–Crippen LogP) is 3.04. The van der Waals surface area contributed by atoms with Crippen LogP contribution in [0.25, 0.3) is 0 Å². The van der Waals surface area contributed by atoms with Gasteiger partial charge >= 0.3 is 0 Å². The Morgan fingerprint density at radius 2 is 2.05 bits per heavy atom. The number of nitrogens with two attached hydrogens (primary N) is 1. The van der Waals surface area contributed by atoms with E-state index < -0.39 is 16.1 Å². The molecule has 1 heterocycles. The zero-order valence-electron chi connectivity index (χ0n) is 11.8. The third kappa shape index (κ3) is 3.55. The molecular weight excluding hydrogens is 330 g/mol. The molecule has 1 atom stereocenters. The van der Waals surface area contributed by atoms with Crippen molar-refractivity contribution >= 4 is 38.6 Å². The number of thiazole rings is 1. The molecule has 0 saturated carbocycles. The Bertz CT molecular complexity index is 772. The SMILES string of the molecule is Cc1cnc(C(C)NS(=O)(=O)c2cc(N)c(C)cc2Cl)s1. The molecule has 0 fully saturated rings. The van der Waals surface area contributed by atoms with E-state index in [1.165, 1.54) is 17.4 Å². The molecule has 8 heteroatoms. The third-order valence-electron chi connectivity index (χ3n) is 2.95. The van der Waals surface area contributed by atoms with Crippen molar-refractivity contribution in [3.05, 3.63) is 38.8 Å². The molecule has 0 aliphatic carbocycles. The lowest BCUT2D eigenvalue weighted by Crippen LogP contribution is -2.27. The zero-order chi connectivity index (χ0) is 15.8. The Morgan fingerprint density at radius 1 is 1.38 bits per heavy atom. The van der Waals surface area contributed by atoms with Crippen molar-refractivity contribution in [2.24, 2.45) is 0 Å². The normalized spacial score (nSPS) is 13.3. The maximum atomic E-state index is 12.4. The lowest BCUT2D eigenvalue weighted by molar-refractivity contribution is 0.566. The molecule has 5 nitrogen and oxygen atoms in total. The summed E-state index contributed by atoms with van der Waals surface area (Å²) in [7, 11) is -3.76. The number of nitrogens with zero attached hydrogens (tertiary/aromatic N) is 1. The molecule has 2 rings (SSSR count). The summed E-state index contributed by atoms with van der Waals surface area (Å²) < 4.78 is 27.4. The highest BCUT2D eigenvalue weighted by atomic mass is 35.5. The quantitative estimate of drug-likeness (QED) is 0.834. The number of aromatic nitrogens is 1. The molecule has 0 spiro atoms. The molecule has 2 aromatic rings. The van der Waals surface area contributed by atoms with Gasteiger partial charge in [0.25, 0.3) is 0 Å². The highest BCUT2D eigenvalue weighted by molar-refractivity contribution is 7.89. The van der Waals surface area contributed by atoms with E-state index in [0.717, 1.165) is 10.4 Å². The Balaban J connectivity index is 2.32. The minimum absolute atomic E-state index is 0.0209. The van der Waals surface area contributed by atoms with Gasteiger partial charge in [0, 0.05) is 16.8 Å². The second-order valence-electron chi connectivity index (χ2n) is 4.79. The van der Waals surface area contributed by atoms with E-state index in [0.29, 0.717) is 10.7 Å². The van der Waals surface area contributed by atoms with Crippen LogP contribution in [0.3, 0.4) is 0 Å². The van der Waals surface area contributed by atoms with E-state index in [-0.39, 0.29) is 9.92 Å². The molecule has 3 N–H and O–H groups in total. The van der Waals surface area contributed by atoms with Crippen molar-refractivity contribution < 1.29 is 8.42 Å². The van der Waals surface area contributed by atoms with Crippen molar-refractivity contribution in [2.45, 2.75) is 31.7 Å². The number of hydrogen-bond acceptors (Lipinski definition) is 5. The van der Waals surface area contributed by atoms with Crippen molar-refractivity contribution in [1.82, 2.24) is 9.71 Å². The molecule has 21 heavy (non-hydrogen) atoms. The highest BCUT2D eigenvalue weighted by Gasteiger charge is 2.23. The van der Waals surface area contributed by atoms with Gasteiger partial charge in [-0.2, -0.15) is 0 Å². The Hall–Kier alpha value is -1.15. The van der Waals surface area contributed by atoms with E-state index in [2.05, 4.69) is 9.71 Å². The molecule has 114 valence electrons. The monoisotopic (exact) mass is 345 g/mol. The summed E-state index contributed by atoms with van der Waals surface area (Å²) in [6.07, 6.45) is 1.71. The van der Waals surface area contributed by atoms with Crippen LogP contribution in [0, 0.1) is 13.8 Å². The van der Waals surface area contributed by atoms with Gasteiger partial charge in [0.1, 0.15) is 9.90 Å². The number of halogens is 1. The largest absolute Gasteiger partial charge is 0.398 e. The summed E-state index contributed by atoms with van der Waals surface area (Å²) in [6, 6.07) is 2.48. The average molecular weight is 346 g/mol. The van der Waals surface area contributed by atoms with Crippen molar-refractivity contribution in [3.8, 4) is 0 Å². The summed E-state index contributed by atoms with van der Waals surface area (Å²) in [6.45, 7) is 5.42. The summed E-state index contributed by atoms with van der Waals surface area (Å²) in [5, 5.41) is 0.851. The fraction of sp³-hybridized carbons (Fsp3) is 0.308. The Kier molecular flexibility index (Phi) is 4.57. The number of rotatable bonds is 4. The standard InChI is InChI=1S/C13H16ClN3O2S2/c1-7-4-10(14)12(5-11(7)15)21(18,19)17-9(3)13-16-6-8(2)20-13/h4-6,9,17H,15H2,1-3H3. The van der Waals surface area contributed by atoms with Crippen molar-refractivity contribution in [1.29, 1.82) is 0 Å². The van der Waals surface area contributed by atoms with Crippen LogP contribution in [-0.4, -0.2) is 13.4 Å². The second-order valence-corrected chi connectivity index (χ2v) is 8.15. The number of aryl methyl sites for hydroxylation is 2. The molecule has 0 radical (unpaired) electrons. The van der Waals surface area contributed by atoms with Crippen LogP contribution in [0.5, 0.6) is 0 Å². The van der Waals surface area contributed by atoms with Crippen molar-refractivity contribution in [2.75, 3.05) is 5.73 Å². The average Bonchev–Trinajstić information content (AvgIpc) is 2.80. The molecular formula is C13H16ClN3O2S2. The van der Waals surface area contributed by atoms with E-state index in [1.54, 1.807) is 26.1 Å². The van der Waals surface area contributed by atoms with E-state index in [4.69, 9.17) is 17.3 Å². The van der Waals surface area contributed by atoms with Gasteiger partial charge in [-0.3, -0.25) is 0 Å². The van der Waals surface area contributed by atoms with Crippen LogP contribution in [0.2, 0.25) is 5.02 Å². The summed E-state index contributed by atoms with van der Waals surface area (Å²) in [5.41, 5.74) is 6.90. The maximum absolute atomic E-state index is 12.4. The number of nitrogens with one attached hydrogen (secondary N) is 1. The third-order valence-corrected chi connectivity index (χ3v) is 6.05. The lowest BCUT2D eigenvalue weighted by Gasteiger charge is -2.14. The first kappa shape index (κ1) is 16.2. The molecule has 1 aromatic heterocycles. The summed E-state index contributed by atoms with van der Waals surface area (Å²) in [5.74, 6) is 0. The van der Waals surface area contributed by atoms with E-state index in [1.807, 2.05) is 6.92 Å². The molecule has 0 saturated heterocycles. The van der Waals surface area contributed by atoms with Gasteiger partial charge in [-0.15, -0.1) is 11.3 Å². The summed E-state index contributed by atoms with van der Waals surface area (Å²) in [4.78, 5) is 5.18. The number of sulfonamides is 1. The van der Waals surface area contributed by atoms with Gasteiger partial charge in [0.05, 0.1) is 11.1 Å². The molecule has 1 aromatic carbocycles. The van der Waals surface area contributed by atoms with Gasteiger partial charge in [-0.25, -0.2) is 18.1 Å². The van der Waals surface area contributed by atoms with E-state index in [9.17, 15) is 8.42 Å². The first-order valence-corrected chi connectivity index (χ1v) is 8.88. The van der Waals surface area contributed by atoms with Crippen LogP contribution in [-0.2, 0) is 10.0 Å². The van der Waals surface area contributed by atoms with Gasteiger partial charge in [-0.05, 0) is 38.5 Å². The Labute approximate surface area is 133 Å².